The van der Waals surface area contributed by atoms with Crippen LogP contribution in [0.2, 0.25) is 0 Å². The molecule has 0 aromatic heterocycles. The first-order valence-electron chi connectivity index (χ1n) is 5.54. The van der Waals surface area contributed by atoms with Gasteiger partial charge in [0.1, 0.15) is 5.54 Å². The summed E-state index contributed by atoms with van der Waals surface area (Å²) in [5.41, 5.74) is 2.41. The summed E-state index contributed by atoms with van der Waals surface area (Å²) in [4.78, 5) is 0. The molecule has 3 rings (SSSR count). The van der Waals surface area contributed by atoms with Crippen LogP contribution in [0.4, 0.5) is 0 Å². The molecule has 1 fully saturated rings. The molecule has 0 radical (unpaired) electrons. The van der Waals surface area contributed by atoms with Crippen molar-refractivity contribution in [1.29, 1.82) is 5.26 Å². The van der Waals surface area contributed by atoms with Crippen molar-refractivity contribution in [2.75, 3.05) is 6.54 Å². The summed E-state index contributed by atoms with van der Waals surface area (Å²) in [7, 11) is 0. The zero-order valence-corrected chi connectivity index (χ0v) is 8.83. The smallest absolute Gasteiger partial charge is 0.120 e. The van der Waals surface area contributed by atoms with Gasteiger partial charge in [-0.15, -0.1) is 0 Å². The minimum atomic E-state index is -0.330. The van der Waals surface area contributed by atoms with Gasteiger partial charge in [-0.1, -0.05) is 31.2 Å². The highest BCUT2D eigenvalue weighted by Gasteiger charge is 2.54. The SMILES string of the molecule is C[C@H]1c2ccccc2[C@H]2CCN[C@]21C#N. The first-order chi connectivity index (χ1) is 7.29. The topological polar surface area (TPSA) is 35.8 Å². The van der Waals surface area contributed by atoms with Crippen LogP contribution in [0.15, 0.2) is 24.3 Å². The molecule has 0 amide bonds. The molecule has 1 aliphatic carbocycles. The van der Waals surface area contributed by atoms with E-state index in [2.05, 4.69) is 42.6 Å². The van der Waals surface area contributed by atoms with E-state index < -0.39 is 0 Å². The highest BCUT2D eigenvalue weighted by Crippen LogP contribution is 2.52. The maximum atomic E-state index is 9.46. The second kappa shape index (κ2) is 2.84. The van der Waals surface area contributed by atoms with E-state index in [9.17, 15) is 5.26 Å². The van der Waals surface area contributed by atoms with Gasteiger partial charge >= 0.3 is 0 Å². The number of nitriles is 1. The maximum absolute atomic E-state index is 9.46. The summed E-state index contributed by atoms with van der Waals surface area (Å²) < 4.78 is 0. The van der Waals surface area contributed by atoms with Gasteiger partial charge < -0.3 is 0 Å². The quantitative estimate of drug-likeness (QED) is 0.693. The average molecular weight is 198 g/mol. The minimum Gasteiger partial charge on any atom is -0.298 e. The summed E-state index contributed by atoms with van der Waals surface area (Å²) >= 11 is 0. The lowest BCUT2D eigenvalue weighted by atomic mass is 9.82. The number of nitrogens with zero attached hydrogens (tertiary/aromatic N) is 1. The molecule has 0 unspecified atom stereocenters. The van der Waals surface area contributed by atoms with Crippen molar-refractivity contribution >= 4 is 0 Å². The van der Waals surface area contributed by atoms with Gasteiger partial charge in [0.05, 0.1) is 6.07 Å². The predicted molar refractivity (Wildman–Crippen MR) is 58.6 cm³/mol. The van der Waals surface area contributed by atoms with Gasteiger partial charge in [0.15, 0.2) is 0 Å². The average Bonchev–Trinajstić information content (AvgIpc) is 2.80. The Morgan fingerprint density at radius 3 is 2.87 bits per heavy atom. The summed E-state index contributed by atoms with van der Waals surface area (Å²) in [6.45, 7) is 3.14. The fraction of sp³-hybridized carbons (Fsp3) is 0.462. The third kappa shape index (κ3) is 0.917. The Bertz CT molecular complexity index is 446. The largest absolute Gasteiger partial charge is 0.298 e. The Kier molecular flexibility index (Phi) is 1.69. The van der Waals surface area contributed by atoms with Gasteiger partial charge in [-0.05, 0) is 24.1 Å². The Balaban J connectivity index is 2.21. The molecule has 76 valence electrons. The molecule has 1 heterocycles. The van der Waals surface area contributed by atoms with Crippen molar-refractivity contribution in [1.82, 2.24) is 5.32 Å². The first kappa shape index (κ1) is 8.94. The lowest BCUT2D eigenvalue weighted by Crippen LogP contribution is -2.43. The molecule has 1 saturated heterocycles. The van der Waals surface area contributed by atoms with Gasteiger partial charge in [0, 0.05) is 11.8 Å². The zero-order chi connectivity index (χ0) is 10.5. The van der Waals surface area contributed by atoms with Crippen LogP contribution in [0.3, 0.4) is 0 Å². The number of benzene rings is 1. The number of fused-ring (bicyclic) bond motifs is 3. The molecule has 2 nitrogen and oxygen atoms in total. The molecule has 1 aliphatic heterocycles. The van der Waals surface area contributed by atoms with Crippen molar-refractivity contribution in [3.8, 4) is 6.07 Å². The van der Waals surface area contributed by atoms with E-state index >= 15 is 0 Å². The molecule has 0 spiro atoms. The number of hydrogen-bond acceptors (Lipinski definition) is 2. The summed E-state index contributed by atoms with van der Waals surface area (Å²) in [6, 6.07) is 11.0. The number of nitrogens with one attached hydrogen (secondary N) is 1. The molecule has 1 N–H and O–H groups in total. The molecular formula is C13H14N2. The third-order valence-electron chi connectivity index (χ3n) is 4.11. The Morgan fingerprint density at radius 1 is 1.40 bits per heavy atom. The molecule has 15 heavy (non-hydrogen) atoms. The third-order valence-corrected chi connectivity index (χ3v) is 4.11. The van der Waals surface area contributed by atoms with Gasteiger partial charge in [0.2, 0.25) is 0 Å². The minimum absolute atomic E-state index is 0.311. The van der Waals surface area contributed by atoms with Crippen LogP contribution in [0.1, 0.15) is 36.3 Å². The summed E-state index contributed by atoms with van der Waals surface area (Å²) in [6.07, 6.45) is 1.09. The van der Waals surface area contributed by atoms with E-state index in [1.54, 1.807) is 0 Å². The van der Waals surface area contributed by atoms with Gasteiger partial charge in [-0.2, -0.15) is 5.26 Å². The van der Waals surface area contributed by atoms with Gasteiger partial charge in [0.25, 0.3) is 0 Å². The lowest BCUT2D eigenvalue weighted by Gasteiger charge is -2.26. The van der Waals surface area contributed by atoms with Crippen LogP contribution < -0.4 is 5.32 Å². The van der Waals surface area contributed by atoms with Crippen molar-refractivity contribution in [3.63, 3.8) is 0 Å². The Hall–Kier alpha value is -1.33. The zero-order valence-electron chi connectivity index (χ0n) is 8.83. The molecule has 0 bridgehead atoms. The van der Waals surface area contributed by atoms with Crippen molar-refractivity contribution in [2.45, 2.75) is 30.7 Å². The Morgan fingerprint density at radius 2 is 2.13 bits per heavy atom. The van der Waals surface area contributed by atoms with E-state index in [0.29, 0.717) is 11.8 Å². The van der Waals surface area contributed by atoms with Crippen LogP contribution in [0.5, 0.6) is 0 Å². The first-order valence-corrected chi connectivity index (χ1v) is 5.54. The molecule has 1 aromatic rings. The highest BCUT2D eigenvalue weighted by molar-refractivity contribution is 5.49. The molecule has 0 saturated carbocycles. The maximum Gasteiger partial charge on any atom is 0.120 e. The predicted octanol–water partition coefficient (Wildman–Crippen LogP) is 2.14. The van der Waals surface area contributed by atoms with Crippen LogP contribution >= 0.6 is 0 Å². The van der Waals surface area contributed by atoms with Gasteiger partial charge in [-0.3, -0.25) is 5.32 Å². The standard InChI is InChI=1S/C13H14N2/c1-9-10-4-2-3-5-11(10)12-6-7-15-13(9,12)8-14/h2-5,9,12,15H,6-7H2,1H3/t9-,12+,13-/m0/s1. The second-order valence-corrected chi connectivity index (χ2v) is 4.60. The van der Waals surface area contributed by atoms with E-state index in [-0.39, 0.29) is 5.54 Å². The second-order valence-electron chi connectivity index (χ2n) is 4.60. The molecule has 1 aromatic carbocycles. The summed E-state index contributed by atoms with van der Waals surface area (Å²) in [5, 5.41) is 12.9. The van der Waals surface area contributed by atoms with Crippen molar-refractivity contribution in [3.05, 3.63) is 35.4 Å². The Labute approximate surface area is 89.9 Å². The van der Waals surface area contributed by atoms with E-state index in [1.807, 2.05) is 0 Å². The fourth-order valence-corrected chi connectivity index (χ4v) is 3.31. The number of hydrogen-bond donors (Lipinski definition) is 1. The molecule has 3 atom stereocenters. The van der Waals surface area contributed by atoms with E-state index in [0.717, 1.165) is 13.0 Å². The highest BCUT2D eigenvalue weighted by atomic mass is 15.0. The van der Waals surface area contributed by atoms with Crippen LogP contribution in [0.25, 0.3) is 0 Å². The van der Waals surface area contributed by atoms with E-state index in [4.69, 9.17) is 0 Å². The monoisotopic (exact) mass is 198 g/mol. The van der Waals surface area contributed by atoms with Crippen LogP contribution in [0, 0.1) is 11.3 Å². The van der Waals surface area contributed by atoms with Crippen molar-refractivity contribution < 1.29 is 0 Å². The summed E-state index contributed by atoms with van der Waals surface area (Å²) in [5.74, 6) is 0.708. The fourth-order valence-electron chi connectivity index (χ4n) is 3.31. The normalized spacial score (nSPS) is 37.1. The molecular weight excluding hydrogens is 184 g/mol. The number of rotatable bonds is 0. The lowest BCUT2D eigenvalue weighted by molar-refractivity contribution is 0.407. The molecule has 2 aliphatic rings. The molecule has 2 heteroatoms. The van der Waals surface area contributed by atoms with E-state index in [1.165, 1.54) is 11.1 Å². The van der Waals surface area contributed by atoms with Gasteiger partial charge in [-0.25, -0.2) is 0 Å². The van der Waals surface area contributed by atoms with Crippen molar-refractivity contribution in [2.24, 2.45) is 0 Å². The van der Waals surface area contributed by atoms with Crippen LogP contribution in [-0.4, -0.2) is 12.1 Å². The van der Waals surface area contributed by atoms with Crippen LogP contribution in [-0.2, 0) is 0 Å².